The number of amides is 3. The maximum atomic E-state index is 13.0. The van der Waals surface area contributed by atoms with Crippen molar-refractivity contribution < 1.29 is 42.5 Å². The van der Waals surface area contributed by atoms with Gasteiger partial charge in [-0.25, -0.2) is 0 Å². The van der Waals surface area contributed by atoms with E-state index >= 15 is 0 Å². The third kappa shape index (κ3) is 9.86. The van der Waals surface area contributed by atoms with Gasteiger partial charge in [-0.05, 0) is 17.2 Å². The molecule has 0 bridgehead atoms. The summed E-state index contributed by atoms with van der Waals surface area (Å²) in [6, 6.07) is 15.1. The number of hydrogen-bond donors (Lipinski definition) is 3. The van der Waals surface area contributed by atoms with Gasteiger partial charge in [-0.2, -0.15) is 13.2 Å². The van der Waals surface area contributed by atoms with Crippen LogP contribution in [-0.4, -0.2) is 62.5 Å². The Bertz CT molecular complexity index is 1010. The van der Waals surface area contributed by atoms with Crippen LogP contribution in [0.3, 0.4) is 0 Å². The Labute approximate surface area is 206 Å². The molecular formula is C24H28F3N3O6. The Morgan fingerprint density at radius 1 is 0.944 bits per heavy atom. The summed E-state index contributed by atoms with van der Waals surface area (Å²) in [7, 11) is 2.75. The monoisotopic (exact) mass is 511 g/mol. The van der Waals surface area contributed by atoms with E-state index in [1.807, 2.05) is 0 Å². The van der Waals surface area contributed by atoms with Gasteiger partial charge in [0.05, 0.1) is 6.54 Å². The zero-order valence-corrected chi connectivity index (χ0v) is 19.6. The number of halogens is 3. The summed E-state index contributed by atoms with van der Waals surface area (Å²) < 4.78 is 48.7. The predicted octanol–water partition coefficient (Wildman–Crippen LogP) is 1.34. The fourth-order valence-electron chi connectivity index (χ4n) is 2.93. The van der Waals surface area contributed by atoms with Gasteiger partial charge >= 0.3 is 12.1 Å². The van der Waals surface area contributed by atoms with Crippen LogP contribution < -0.4 is 16.0 Å². The van der Waals surface area contributed by atoms with Crippen LogP contribution >= 0.6 is 0 Å². The molecule has 2 aromatic rings. The van der Waals surface area contributed by atoms with E-state index < -0.39 is 36.2 Å². The lowest BCUT2D eigenvalue weighted by Crippen LogP contribution is -2.52. The first-order valence-corrected chi connectivity index (χ1v) is 10.5. The molecule has 0 spiro atoms. The molecule has 9 nitrogen and oxygen atoms in total. The lowest BCUT2D eigenvalue weighted by molar-refractivity contribution is -0.174. The molecule has 0 saturated carbocycles. The summed E-state index contributed by atoms with van der Waals surface area (Å²) in [6.45, 7) is -0.0634. The van der Waals surface area contributed by atoms with Crippen LogP contribution in [0, 0.1) is 0 Å². The molecule has 0 aliphatic heterocycles. The van der Waals surface area contributed by atoms with E-state index in [0.717, 1.165) is 0 Å². The molecule has 2 rings (SSSR count). The molecule has 1 atom stereocenters. The van der Waals surface area contributed by atoms with Gasteiger partial charge in [-0.1, -0.05) is 60.7 Å². The molecule has 0 aliphatic rings. The van der Waals surface area contributed by atoms with Crippen molar-refractivity contribution in [1.82, 2.24) is 16.0 Å². The average Bonchev–Trinajstić information content (AvgIpc) is 2.84. The summed E-state index contributed by atoms with van der Waals surface area (Å²) >= 11 is 0. The number of methoxy groups -OCH3 is 2. The molecule has 0 saturated heterocycles. The Balaban J connectivity index is 0.00000648. The van der Waals surface area contributed by atoms with Gasteiger partial charge in [0.25, 0.3) is 5.91 Å². The summed E-state index contributed by atoms with van der Waals surface area (Å²) in [5, 5.41) is 6.58. The molecule has 3 amide bonds. The van der Waals surface area contributed by atoms with Gasteiger partial charge in [0, 0.05) is 20.6 Å². The first-order valence-electron chi connectivity index (χ1n) is 10.5. The van der Waals surface area contributed by atoms with Crippen LogP contribution in [0.4, 0.5) is 13.2 Å². The summed E-state index contributed by atoms with van der Waals surface area (Å²) in [4.78, 5) is 37.4. The highest BCUT2D eigenvalue weighted by Crippen LogP contribution is 2.16. The molecule has 0 aliphatic carbocycles. The third-order valence-corrected chi connectivity index (χ3v) is 4.73. The number of alkyl halides is 3. The second-order valence-electron chi connectivity index (χ2n) is 7.28. The van der Waals surface area contributed by atoms with E-state index in [1.54, 1.807) is 66.0 Å². The van der Waals surface area contributed by atoms with Gasteiger partial charge in [0.1, 0.15) is 11.7 Å². The number of hydrogen-bond acceptors (Lipinski definition) is 5. The van der Waals surface area contributed by atoms with Gasteiger partial charge in [0.2, 0.25) is 5.91 Å². The van der Waals surface area contributed by atoms with E-state index in [-0.39, 0.29) is 24.1 Å². The van der Waals surface area contributed by atoms with Crippen molar-refractivity contribution in [3.63, 3.8) is 0 Å². The summed E-state index contributed by atoms with van der Waals surface area (Å²) in [6.07, 6.45) is -4.83. The van der Waals surface area contributed by atoms with Crippen LogP contribution in [0.5, 0.6) is 0 Å². The smallest absolute Gasteiger partial charge is 0.412 e. The van der Waals surface area contributed by atoms with E-state index in [9.17, 15) is 27.6 Å². The van der Waals surface area contributed by atoms with Crippen molar-refractivity contribution in [2.45, 2.75) is 24.9 Å². The zero-order valence-electron chi connectivity index (χ0n) is 19.6. The molecular weight excluding hydrogens is 483 g/mol. The number of carbonyl (C=O) groups excluding carboxylic acids is 3. The Morgan fingerprint density at radius 2 is 1.50 bits per heavy atom. The maximum Gasteiger partial charge on any atom is 0.471 e. The van der Waals surface area contributed by atoms with Crippen LogP contribution in [0.15, 0.2) is 66.4 Å². The lowest BCUT2D eigenvalue weighted by atomic mass is 10.0. The fraction of sp³-hybridized carbons (Fsp3) is 0.292. The average molecular weight is 511 g/mol. The molecule has 0 aromatic heterocycles. The lowest BCUT2D eigenvalue weighted by Gasteiger charge is -2.21. The van der Waals surface area contributed by atoms with Crippen LogP contribution in [0.2, 0.25) is 0 Å². The van der Waals surface area contributed by atoms with Crippen LogP contribution in [0.1, 0.15) is 11.1 Å². The van der Waals surface area contributed by atoms with Crippen LogP contribution in [-0.2, 0) is 30.3 Å². The van der Waals surface area contributed by atoms with E-state index in [2.05, 4.69) is 10.6 Å². The van der Waals surface area contributed by atoms with Crippen molar-refractivity contribution in [3.8, 4) is 0 Å². The topological polar surface area (TPSA) is 137 Å². The number of carbonyl (C=O) groups is 3. The minimum Gasteiger partial charge on any atom is -0.412 e. The maximum absolute atomic E-state index is 13.0. The Kier molecular flexibility index (Phi) is 12.3. The van der Waals surface area contributed by atoms with Gasteiger partial charge in [-0.15, -0.1) is 0 Å². The van der Waals surface area contributed by atoms with Crippen molar-refractivity contribution in [3.05, 3.63) is 77.5 Å². The van der Waals surface area contributed by atoms with Gasteiger partial charge in [-0.3, -0.25) is 14.4 Å². The summed E-state index contributed by atoms with van der Waals surface area (Å²) in [5.41, 5.74) is 0.814. The Hall–Kier alpha value is -3.74. The molecule has 0 unspecified atom stereocenters. The molecule has 0 fully saturated rings. The first kappa shape index (κ1) is 30.3. The molecule has 5 N–H and O–H groups in total. The highest BCUT2D eigenvalue weighted by molar-refractivity contribution is 6.02. The molecule has 0 heterocycles. The standard InChI is InChI=1S/C24H26F3N3O5.H2O/c1-34-20(35-2)15-28-21(31)18(13-16-9-5-3-6-10-16)29-22(32)19(30-23(33)24(25,26)27)14-17-11-7-4-8-12-17;/h3-13,19-20H,14-15H2,1-2H3,(H,28,31)(H,29,32)(H,30,33);1H2/b18-13-;/t19-;/m1./s1. The van der Waals surface area contributed by atoms with Crippen molar-refractivity contribution >= 4 is 23.8 Å². The minimum absolute atomic E-state index is 0. The second-order valence-corrected chi connectivity index (χ2v) is 7.28. The van der Waals surface area contributed by atoms with Crippen molar-refractivity contribution in [1.29, 1.82) is 0 Å². The highest BCUT2D eigenvalue weighted by Gasteiger charge is 2.41. The number of ether oxygens (including phenoxy) is 2. The number of nitrogens with one attached hydrogen (secondary N) is 3. The fourth-order valence-corrected chi connectivity index (χ4v) is 2.93. The van der Waals surface area contributed by atoms with Crippen molar-refractivity contribution in [2.75, 3.05) is 20.8 Å². The normalized spacial score (nSPS) is 12.3. The molecule has 2 aromatic carbocycles. The SMILES string of the molecule is COC(CNC(=O)/C(=C/c1ccccc1)NC(=O)[C@@H](Cc1ccccc1)NC(=O)C(F)(F)F)OC.O. The number of rotatable bonds is 11. The van der Waals surface area contributed by atoms with E-state index in [0.29, 0.717) is 11.1 Å². The van der Waals surface area contributed by atoms with E-state index in [1.165, 1.54) is 20.3 Å². The quantitative estimate of drug-likeness (QED) is 0.309. The third-order valence-electron chi connectivity index (χ3n) is 4.73. The molecule has 196 valence electrons. The van der Waals surface area contributed by atoms with Gasteiger partial charge < -0.3 is 30.9 Å². The minimum atomic E-state index is -5.19. The molecule has 12 heteroatoms. The van der Waals surface area contributed by atoms with E-state index in [4.69, 9.17) is 9.47 Å². The molecule has 36 heavy (non-hydrogen) atoms. The van der Waals surface area contributed by atoms with Crippen LogP contribution in [0.25, 0.3) is 6.08 Å². The molecule has 0 radical (unpaired) electrons. The van der Waals surface area contributed by atoms with Crippen molar-refractivity contribution in [2.24, 2.45) is 0 Å². The predicted molar refractivity (Wildman–Crippen MR) is 125 cm³/mol. The number of benzene rings is 2. The first-order chi connectivity index (χ1) is 16.6. The Morgan fingerprint density at radius 3 is 2.03 bits per heavy atom. The summed E-state index contributed by atoms with van der Waals surface area (Å²) in [5.74, 6) is -4.00. The zero-order chi connectivity index (χ0) is 25.8. The largest absolute Gasteiger partial charge is 0.471 e. The van der Waals surface area contributed by atoms with Gasteiger partial charge in [0.15, 0.2) is 6.29 Å². The highest BCUT2D eigenvalue weighted by atomic mass is 19.4. The second kappa shape index (κ2) is 14.6.